The highest BCUT2D eigenvalue weighted by Crippen LogP contribution is 2.32. The first-order valence-electron chi connectivity index (χ1n) is 6.52. The average Bonchev–Trinajstić information content (AvgIpc) is 2.89. The molecule has 1 aliphatic heterocycles. The first-order valence-corrected chi connectivity index (χ1v) is 6.52. The lowest BCUT2D eigenvalue weighted by molar-refractivity contribution is 0.248. The van der Waals surface area contributed by atoms with Crippen LogP contribution >= 0.6 is 0 Å². The van der Waals surface area contributed by atoms with Crippen molar-refractivity contribution in [3.63, 3.8) is 0 Å². The molecule has 18 heavy (non-hydrogen) atoms. The zero-order valence-corrected chi connectivity index (χ0v) is 10.4. The summed E-state index contributed by atoms with van der Waals surface area (Å²) < 4.78 is 0. The van der Waals surface area contributed by atoms with Crippen molar-refractivity contribution >= 4 is 0 Å². The molecule has 2 nitrogen and oxygen atoms in total. The van der Waals surface area contributed by atoms with Crippen molar-refractivity contribution in [3.8, 4) is 0 Å². The van der Waals surface area contributed by atoms with E-state index < -0.39 is 0 Å². The summed E-state index contributed by atoms with van der Waals surface area (Å²) >= 11 is 0. The lowest BCUT2D eigenvalue weighted by Gasteiger charge is -2.24. The highest BCUT2D eigenvalue weighted by molar-refractivity contribution is 5.20. The smallest absolute Gasteiger partial charge is 0.0352 e. The van der Waals surface area contributed by atoms with Crippen LogP contribution < -0.4 is 0 Å². The maximum atomic E-state index is 4.19. The molecule has 0 saturated carbocycles. The van der Waals surface area contributed by atoms with Gasteiger partial charge in [-0.05, 0) is 48.7 Å². The Morgan fingerprint density at radius 3 is 3.11 bits per heavy atom. The summed E-state index contributed by atoms with van der Waals surface area (Å²) in [4.78, 5) is 6.73. The number of benzene rings is 1. The second kappa shape index (κ2) is 5.32. The molecule has 0 spiro atoms. The molecule has 91 valence electrons. The summed E-state index contributed by atoms with van der Waals surface area (Å²) in [6.45, 7) is 2.17. The van der Waals surface area contributed by atoms with E-state index in [1.807, 2.05) is 24.5 Å². The van der Waals surface area contributed by atoms with E-state index in [-0.39, 0.29) is 0 Å². The number of aromatic nitrogens is 1. The maximum Gasteiger partial charge on any atom is 0.0352 e. The number of hydrogen-bond acceptors (Lipinski definition) is 2. The van der Waals surface area contributed by atoms with Gasteiger partial charge < -0.3 is 0 Å². The van der Waals surface area contributed by atoms with Gasteiger partial charge in [0.25, 0.3) is 0 Å². The van der Waals surface area contributed by atoms with Crippen LogP contribution in [0.15, 0.2) is 48.8 Å². The van der Waals surface area contributed by atoms with Crippen molar-refractivity contribution in [2.24, 2.45) is 0 Å². The van der Waals surface area contributed by atoms with E-state index in [9.17, 15) is 0 Å². The van der Waals surface area contributed by atoms with Gasteiger partial charge in [-0.25, -0.2) is 0 Å². The van der Waals surface area contributed by atoms with Crippen LogP contribution in [0.5, 0.6) is 0 Å². The molecule has 3 rings (SSSR count). The predicted octanol–water partition coefficient (Wildman–Crippen LogP) is 3.22. The Bertz CT molecular complexity index is 481. The van der Waals surface area contributed by atoms with Gasteiger partial charge in [-0.1, -0.05) is 24.3 Å². The Balaban J connectivity index is 1.76. The van der Waals surface area contributed by atoms with E-state index in [0.717, 1.165) is 6.54 Å². The van der Waals surface area contributed by atoms with Crippen molar-refractivity contribution < 1.29 is 0 Å². The standard InChI is InChI=1S/C16H17N2/c1-2-7-15(8-3-1)16-9-5-11-18(16)13-14-6-4-10-17-12-14/h1-2,4,6-8,10,12,16H,5,9,11,13H2. The lowest BCUT2D eigenvalue weighted by Crippen LogP contribution is -2.22. The number of nitrogens with zero attached hydrogens (tertiary/aromatic N) is 2. The SMILES string of the molecule is [c]1cccc(C2CCCN2Cc2cccnc2)c1. The van der Waals surface area contributed by atoms with Crippen LogP contribution in [-0.4, -0.2) is 16.4 Å². The van der Waals surface area contributed by atoms with Crippen molar-refractivity contribution in [1.29, 1.82) is 0 Å². The van der Waals surface area contributed by atoms with Gasteiger partial charge in [0.15, 0.2) is 0 Å². The lowest BCUT2D eigenvalue weighted by atomic mass is 10.0. The number of likely N-dealkylation sites (tertiary alicyclic amines) is 1. The maximum absolute atomic E-state index is 4.19. The highest BCUT2D eigenvalue weighted by Gasteiger charge is 2.25. The molecule has 1 aromatic carbocycles. The second-order valence-corrected chi connectivity index (χ2v) is 4.83. The Hall–Kier alpha value is -1.67. The quantitative estimate of drug-likeness (QED) is 0.815. The Kier molecular flexibility index (Phi) is 3.37. The summed E-state index contributed by atoms with van der Waals surface area (Å²) in [6.07, 6.45) is 6.32. The molecule has 1 aromatic heterocycles. The molecule has 1 radical (unpaired) electrons. The number of hydrogen-bond donors (Lipinski definition) is 0. The van der Waals surface area contributed by atoms with Crippen molar-refractivity contribution in [2.75, 3.05) is 6.54 Å². The topological polar surface area (TPSA) is 16.1 Å². The molecule has 1 aliphatic rings. The van der Waals surface area contributed by atoms with Crippen LogP contribution in [0.1, 0.15) is 30.0 Å². The van der Waals surface area contributed by atoms with Gasteiger partial charge in [-0.2, -0.15) is 0 Å². The normalized spacial score (nSPS) is 20.1. The Labute approximate surface area is 108 Å². The van der Waals surface area contributed by atoms with E-state index in [0.29, 0.717) is 6.04 Å². The third-order valence-corrected chi connectivity index (χ3v) is 3.59. The van der Waals surface area contributed by atoms with Crippen molar-refractivity contribution in [3.05, 3.63) is 66.0 Å². The summed E-state index contributed by atoms with van der Waals surface area (Å²) in [7, 11) is 0. The van der Waals surface area contributed by atoms with E-state index >= 15 is 0 Å². The molecule has 2 aromatic rings. The van der Waals surface area contributed by atoms with Gasteiger partial charge in [0.1, 0.15) is 0 Å². The minimum atomic E-state index is 0.544. The van der Waals surface area contributed by atoms with Crippen molar-refractivity contribution in [2.45, 2.75) is 25.4 Å². The highest BCUT2D eigenvalue weighted by atomic mass is 15.2. The Morgan fingerprint density at radius 2 is 2.33 bits per heavy atom. The summed E-state index contributed by atoms with van der Waals surface area (Å²) in [5, 5.41) is 0. The number of pyridine rings is 1. The molecule has 0 N–H and O–H groups in total. The average molecular weight is 237 g/mol. The van der Waals surface area contributed by atoms with Crippen LogP contribution in [0.4, 0.5) is 0 Å². The molecule has 1 atom stereocenters. The molecule has 0 bridgehead atoms. The molecule has 1 saturated heterocycles. The molecule has 1 fully saturated rings. The van der Waals surface area contributed by atoms with Crippen LogP contribution in [0.3, 0.4) is 0 Å². The largest absolute Gasteiger partial charge is 0.292 e. The number of rotatable bonds is 3. The fourth-order valence-electron chi connectivity index (χ4n) is 2.73. The minimum Gasteiger partial charge on any atom is -0.292 e. The van der Waals surface area contributed by atoms with Gasteiger partial charge in [0.2, 0.25) is 0 Å². The summed E-state index contributed by atoms with van der Waals surface area (Å²) in [5.41, 5.74) is 2.68. The zero-order valence-electron chi connectivity index (χ0n) is 10.4. The van der Waals surface area contributed by atoms with Crippen molar-refractivity contribution in [1.82, 2.24) is 9.88 Å². The molecular weight excluding hydrogens is 220 g/mol. The van der Waals surface area contributed by atoms with Crippen LogP contribution in [0.25, 0.3) is 0 Å². The summed E-state index contributed by atoms with van der Waals surface area (Å²) in [6, 6.07) is 16.3. The van der Waals surface area contributed by atoms with Gasteiger partial charge in [-0.3, -0.25) is 9.88 Å². The third kappa shape index (κ3) is 2.44. The van der Waals surface area contributed by atoms with Crippen LogP contribution in [0.2, 0.25) is 0 Å². The molecular formula is C16H17N2. The second-order valence-electron chi connectivity index (χ2n) is 4.83. The molecule has 1 unspecified atom stereocenters. The fraction of sp³-hybridized carbons (Fsp3) is 0.312. The molecule has 2 heterocycles. The van der Waals surface area contributed by atoms with Gasteiger partial charge in [0.05, 0.1) is 0 Å². The fourth-order valence-corrected chi connectivity index (χ4v) is 2.73. The molecule has 0 aliphatic carbocycles. The van der Waals surface area contributed by atoms with E-state index in [1.165, 1.54) is 30.5 Å². The van der Waals surface area contributed by atoms with Gasteiger partial charge in [0, 0.05) is 25.0 Å². The zero-order chi connectivity index (χ0) is 12.2. The van der Waals surface area contributed by atoms with E-state index in [2.05, 4.69) is 40.2 Å². The molecule has 0 amide bonds. The first-order chi connectivity index (χ1) is 8.93. The van der Waals surface area contributed by atoms with Gasteiger partial charge in [-0.15, -0.1) is 0 Å². The van der Waals surface area contributed by atoms with E-state index in [1.54, 1.807) is 0 Å². The van der Waals surface area contributed by atoms with E-state index in [4.69, 9.17) is 0 Å². The van der Waals surface area contributed by atoms with Gasteiger partial charge >= 0.3 is 0 Å². The summed E-state index contributed by atoms with van der Waals surface area (Å²) in [5.74, 6) is 0. The van der Waals surface area contributed by atoms with Crippen LogP contribution in [-0.2, 0) is 6.54 Å². The predicted molar refractivity (Wildman–Crippen MR) is 71.9 cm³/mol. The molecule has 2 heteroatoms. The van der Waals surface area contributed by atoms with Crippen LogP contribution in [0, 0.1) is 6.07 Å². The monoisotopic (exact) mass is 237 g/mol. The first kappa shape index (κ1) is 11.4. The Morgan fingerprint density at radius 1 is 1.33 bits per heavy atom. The minimum absolute atomic E-state index is 0.544. The third-order valence-electron chi connectivity index (χ3n) is 3.59.